The summed E-state index contributed by atoms with van der Waals surface area (Å²) in [6.07, 6.45) is -1.06. The van der Waals surface area contributed by atoms with E-state index >= 15 is 0 Å². The van der Waals surface area contributed by atoms with Crippen LogP contribution in [0.5, 0.6) is 0 Å². The van der Waals surface area contributed by atoms with E-state index in [4.69, 9.17) is 9.31 Å². The minimum atomic E-state index is -0.571. The Hall–Kier alpha value is -0.0301. The van der Waals surface area contributed by atoms with Gasteiger partial charge in [0.2, 0.25) is 0 Å². The molecule has 2 unspecified atom stereocenters. The Balaban J connectivity index is 3.85. The lowest BCUT2D eigenvalue weighted by Gasteiger charge is -2.31. The molecular formula is C10H24B2O4. The smallest absolute Gasteiger partial charge is 0.272 e. The number of hydrogen-bond acceptors (Lipinski definition) is 4. The molecule has 0 bridgehead atoms. The van der Waals surface area contributed by atoms with Gasteiger partial charge in [0.15, 0.2) is 0 Å². The van der Waals surface area contributed by atoms with Gasteiger partial charge >= 0.3 is 0 Å². The molecule has 6 heteroatoms. The summed E-state index contributed by atoms with van der Waals surface area (Å²) in [5.41, 5.74) is -1.14. The summed E-state index contributed by atoms with van der Waals surface area (Å²) >= 11 is 0. The largest absolute Gasteiger partial charge is 0.438 e. The lowest BCUT2D eigenvalue weighted by molar-refractivity contribution is -0.0221. The van der Waals surface area contributed by atoms with Crippen LogP contribution in [0.15, 0.2) is 0 Å². The molecule has 4 nitrogen and oxygen atoms in total. The lowest BCUT2D eigenvalue weighted by atomic mass is 9.63. The van der Waals surface area contributed by atoms with E-state index in [1.807, 2.05) is 27.7 Å². The van der Waals surface area contributed by atoms with Gasteiger partial charge in [0.05, 0.1) is 23.4 Å². The molecule has 0 aliphatic carbocycles. The zero-order valence-electron chi connectivity index (χ0n) is 11.3. The van der Waals surface area contributed by atoms with E-state index in [0.29, 0.717) is 14.7 Å². The Kier molecular flexibility index (Phi) is 6.04. The predicted molar refractivity (Wildman–Crippen MR) is 68.0 cm³/mol. The van der Waals surface area contributed by atoms with Crippen LogP contribution in [-0.4, -0.2) is 48.4 Å². The van der Waals surface area contributed by atoms with Crippen LogP contribution < -0.4 is 0 Å². The average molecular weight is 230 g/mol. The summed E-state index contributed by atoms with van der Waals surface area (Å²) in [5, 5.41) is 18.8. The van der Waals surface area contributed by atoms with E-state index in [1.165, 1.54) is 0 Å². The van der Waals surface area contributed by atoms with Crippen molar-refractivity contribution in [2.24, 2.45) is 0 Å². The molecule has 0 aromatic rings. The van der Waals surface area contributed by atoms with Crippen molar-refractivity contribution in [3.63, 3.8) is 0 Å². The summed E-state index contributed by atoms with van der Waals surface area (Å²) in [6, 6.07) is 0. The van der Waals surface area contributed by atoms with Gasteiger partial charge in [0.1, 0.15) is 0 Å². The molecule has 2 atom stereocenters. The Morgan fingerprint density at radius 2 is 1.06 bits per heavy atom. The highest BCUT2D eigenvalue weighted by Crippen LogP contribution is 2.15. The molecule has 0 aromatic carbocycles. The van der Waals surface area contributed by atoms with Gasteiger partial charge in [-0.15, -0.1) is 0 Å². The molecule has 0 rings (SSSR count). The summed E-state index contributed by atoms with van der Waals surface area (Å²) < 4.78 is 11.0. The normalized spacial score (nSPS) is 16.8. The molecule has 0 fully saturated rings. The molecule has 0 aliphatic rings. The lowest BCUT2D eigenvalue weighted by Crippen LogP contribution is -2.43. The van der Waals surface area contributed by atoms with Gasteiger partial charge in [0, 0.05) is 0 Å². The van der Waals surface area contributed by atoms with Crippen molar-refractivity contribution in [1.82, 2.24) is 0 Å². The van der Waals surface area contributed by atoms with Crippen molar-refractivity contribution in [3.05, 3.63) is 0 Å². The Morgan fingerprint density at radius 3 is 1.25 bits per heavy atom. The van der Waals surface area contributed by atoms with Crippen molar-refractivity contribution in [2.45, 2.75) is 65.0 Å². The molecule has 0 heterocycles. The molecule has 0 amide bonds. The molecule has 16 heavy (non-hydrogen) atoms. The fraction of sp³-hybridized carbons (Fsp3) is 1.00. The van der Waals surface area contributed by atoms with E-state index in [1.54, 1.807) is 13.8 Å². The van der Waals surface area contributed by atoms with Crippen LogP contribution >= 0.6 is 0 Å². The van der Waals surface area contributed by atoms with Crippen molar-refractivity contribution in [3.8, 4) is 0 Å². The van der Waals surface area contributed by atoms with E-state index in [0.717, 1.165) is 0 Å². The molecule has 0 aromatic heterocycles. The van der Waals surface area contributed by atoms with Crippen LogP contribution in [-0.2, 0) is 9.31 Å². The van der Waals surface area contributed by atoms with Gasteiger partial charge in [-0.2, -0.15) is 0 Å². The summed E-state index contributed by atoms with van der Waals surface area (Å²) in [4.78, 5) is 0. The average Bonchev–Trinajstić information content (AvgIpc) is 2.12. The zero-order valence-corrected chi connectivity index (χ0v) is 11.3. The summed E-state index contributed by atoms with van der Waals surface area (Å²) in [6.45, 7) is 10.7. The van der Waals surface area contributed by atoms with Gasteiger partial charge in [0.25, 0.3) is 14.7 Å². The first-order valence-corrected chi connectivity index (χ1v) is 5.73. The second kappa shape index (κ2) is 6.05. The number of rotatable bonds is 7. The first-order chi connectivity index (χ1) is 7.09. The maximum Gasteiger partial charge on any atom is 0.272 e. The number of hydrogen-bond donors (Lipinski definition) is 2. The maximum absolute atomic E-state index is 9.42. The van der Waals surface area contributed by atoms with Gasteiger partial charge in [-0.25, -0.2) is 0 Å². The summed E-state index contributed by atoms with van der Waals surface area (Å²) in [7, 11) is 0.794. The van der Waals surface area contributed by atoms with Crippen LogP contribution in [0.3, 0.4) is 0 Å². The third-order valence-corrected chi connectivity index (χ3v) is 3.04. The molecule has 0 aliphatic heterocycles. The van der Waals surface area contributed by atoms with Crippen LogP contribution in [0.25, 0.3) is 0 Å². The van der Waals surface area contributed by atoms with Crippen LogP contribution in [0, 0.1) is 0 Å². The van der Waals surface area contributed by atoms with Gasteiger partial charge in [-0.3, -0.25) is 0 Å². The number of aliphatic hydroxyl groups excluding tert-OH is 2. The van der Waals surface area contributed by atoms with Gasteiger partial charge in [-0.1, -0.05) is 0 Å². The van der Waals surface area contributed by atoms with E-state index in [9.17, 15) is 10.2 Å². The first-order valence-electron chi connectivity index (χ1n) is 5.73. The monoisotopic (exact) mass is 230 g/mol. The highest BCUT2D eigenvalue weighted by atomic mass is 16.5. The van der Waals surface area contributed by atoms with Crippen LogP contribution in [0.2, 0.25) is 0 Å². The first kappa shape index (κ1) is 16.0. The molecule has 0 spiro atoms. The molecule has 0 saturated heterocycles. The van der Waals surface area contributed by atoms with E-state index in [-0.39, 0.29) is 0 Å². The fourth-order valence-electron chi connectivity index (χ4n) is 0.851. The van der Waals surface area contributed by atoms with E-state index in [2.05, 4.69) is 0 Å². The van der Waals surface area contributed by atoms with Gasteiger partial charge in [-0.05, 0) is 41.5 Å². The van der Waals surface area contributed by atoms with Crippen molar-refractivity contribution in [2.75, 3.05) is 0 Å². The second-order valence-electron chi connectivity index (χ2n) is 5.26. The minimum absolute atomic E-state index is 0.397. The Morgan fingerprint density at radius 1 is 0.812 bits per heavy atom. The minimum Gasteiger partial charge on any atom is -0.438 e. The molecule has 0 radical (unpaired) electrons. The molecule has 94 valence electrons. The van der Waals surface area contributed by atoms with Crippen molar-refractivity contribution in [1.29, 1.82) is 0 Å². The standard InChI is InChI=1S/C10H24B2O4/c1-7(13)9(3,4)15-11-12-16-10(5,6)8(2)14/h7-8,11-14H,1-6H3. The SMILES string of the molecule is CC(O)C(C)(C)OBBOC(C)(C)C(C)O. The Bertz CT molecular complexity index is 183. The molecule has 2 N–H and O–H groups in total. The third-order valence-electron chi connectivity index (χ3n) is 3.04. The summed E-state index contributed by atoms with van der Waals surface area (Å²) in [5.74, 6) is 0. The number of aliphatic hydroxyl groups is 2. The van der Waals surface area contributed by atoms with Crippen LogP contribution in [0.4, 0.5) is 0 Å². The predicted octanol–water partition coefficient (Wildman–Crippen LogP) is -0.0436. The fourth-order valence-corrected chi connectivity index (χ4v) is 0.851. The third kappa shape index (κ3) is 5.34. The zero-order chi connectivity index (χ0) is 13.0. The topological polar surface area (TPSA) is 58.9 Å². The van der Waals surface area contributed by atoms with E-state index < -0.39 is 23.4 Å². The second-order valence-corrected chi connectivity index (χ2v) is 5.26. The molecule has 0 saturated carbocycles. The molecular weight excluding hydrogens is 206 g/mol. The quantitative estimate of drug-likeness (QED) is 0.475. The highest BCUT2D eigenvalue weighted by Gasteiger charge is 2.27. The maximum atomic E-state index is 9.42. The highest BCUT2D eigenvalue weighted by molar-refractivity contribution is 6.93. The van der Waals surface area contributed by atoms with Crippen molar-refractivity contribution < 1.29 is 19.5 Å². The van der Waals surface area contributed by atoms with Crippen LogP contribution in [0.1, 0.15) is 41.5 Å². The van der Waals surface area contributed by atoms with Crippen molar-refractivity contribution >= 4 is 14.7 Å². The van der Waals surface area contributed by atoms with Gasteiger partial charge < -0.3 is 19.5 Å². The Labute approximate surface area is 99.9 Å².